The molecule has 240 valence electrons. The molecule has 0 N–H and O–H groups in total. The molecule has 51 heavy (non-hydrogen) atoms. The maximum absolute atomic E-state index is 4.94. The molecular weight excluding hydrogens is 621 g/mol. The molecule has 0 fully saturated rings. The maximum Gasteiger partial charge on any atom is 0.165 e. The summed E-state index contributed by atoms with van der Waals surface area (Å²) in [5, 5.41) is 7.66. The number of pyridine rings is 1. The van der Waals surface area contributed by atoms with Crippen LogP contribution in [0, 0.1) is 0 Å². The van der Waals surface area contributed by atoms with Crippen LogP contribution in [-0.4, -0.2) is 19.9 Å². The summed E-state index contributed by atoms with van der Waals surface area (Å²) in [5.41, 5.74) is 10.1. The van der Waals surface area contributed by atoms with Crippen LogP contribution in [0.3, 0.4) is 0 Å². The van der Waals surface area contributed by atoms with Gasteiger partial charge >= 0.3 is 0 Å². The van der Waals surface area contributed by atoms with Gasteiger partial charge in [-0.05, 0) is 72.8 Å². The van der Waals surface area contributed by atoms with Gasteiger partial charge in [-0.1, -0.05) is 147 Å². The van der Waals surface area contributed by atoms with Gasteiger partial charge in [0.05, 0.1) is 5.69 Å². The van der Waals surface area contributed by atoms with Crippen molar-refractivity contribution in [3.8, 4) is 56.5 Å². The van der Waals surface area contributed by atoms with Crippen LogP contribution in [0.15, 0.2) is 158 Å². The van der Waals surface area contributed by atoms with Gasteiger partial charge in [0.15, 0.2) is 17.5 Å². The van der Waals surface area contributed by atoms with E-state index in [1.807, 2.05) is 66.9 Å². The van der Waals surface area contributed by atoms with Gasteiger partial charge in [-0.3, -0.25) is 4.98 Å². The fourth-order valence-electron chi connectivity index (χ4n) is 8.04. The van der Waals surface area contributed by atoms with Crippen LogP contribution in [0.1, 0.15) is 25.0 Å². The number of rotatable bonds is 4. The first-order valence-electron chi connectivity index (χ1n) is 17.4. The molecule has 0 unspecified atom stereocenters. The first-order valence-corrected chi connectivity index (χ1v) is 17.4. The molecular formula is C47H32N4. The number of nitrogens with zero attached hydrogens (tertiary/aromatic N) is 4. The lowest BCUT2D eigenvalue weighted by atomic mass is 9.79. The highest BCUT2D eigenvalue weighted by atomic mass is 15.0. The monoisotopic (exact) mass is 652 g/mol. The predicted molar refractivity (Wildman–Crippen MR) is 209 cm³/mol. The number of hydrogen-bond acceptors (Lipinski definition) is 4. The molecule has 2 heterocycles. The molecule has 1 aliphatic carbocycles. The Hall–Kier alpha value is -6.52. The van der Waals surface area contributed by atoms with Crippen LogP contribution in [0.5, 0.6) is 0 Å². The van der Waals surface area contributed by atoms with Crippen molar-refractivity contribution in [3.05, 3.63) is 169 Å². The van der Waals surface area contributed by atoms with Crippen LogP contribution in [-0.2, 0) is 5.41 Å². The van der Waals surface area contributed by atoms with E-state index < -0.39 is 0 Å². The van der Waals surface area contributed by atoms with Gasteiger partial charge in [0.2, 0.25) is 0 Å². The summed E-state index contributed by atoms with van der Waals surface area (Å²) in [6.45, 7) is 4.74. The first-order chi connectivity index (χ1) is 25.0. The van der Waals surface area contributed by atoms with Crippen molar-refractivity contribution in [1.82, 2.24) is 19.9 Å². The van der Waals surface area contributed by atoms with Gasteiger partial charge in [0.1, 0.15) is 0 Å². The molecule has 0 amide bonds. The van der Waals surface area contributed by atoms with E-state index in [1.54, 1.807) is 0 Å². The molecule has 0 bridgehead atoms. The number of hydrogen-bond donors (Lipinski definition) is 0. The summed E-state index contributed by atoms with van der Waals surface area (Å²) < 4.78 is 0. The maximum atomic E-state index is 4.94. The van der Waals surface area contributed by atoms with Gasteiger partial charge in [0, 0.05) is 33.9 Å². The molecule has 0 atom stereocenters. The summed E-state index contributed by atoms with van der Waals surface area (Å²) in [5.74, 6) is 1.86. The molecule has 4 heteroatoms. The molecule has 7 aromatic carbocycles. The molecule has 0 spiro atoms. The zero-order valence-corrected chi connectivity index (χ0v) is 28.3. The lowest BCUT2D eigenvalue weighted by Gasteiger charge is -2.24. The number of benzene rings is 7. The minimum absolute atomic E-state index is 0.101. The summed E-state index contributed by atoms with van der Waals surface area (Å²) in [7, 11) is 0. The van der Waals surface area contributed by atoms with Crippen molar-refractivity contribution in [2.45, 2.75) is 19.3 Å². The Morgan fingerprint density at radius 2 is 1.00 bits per heavy atom. The van der Waals surface area contributed by atoms with E-state index >= 15 is 0 Å². The van der Waals surface area contributed by atoms with E-state index in [4.69, 9.17) is 19.9 Å². The van der Waals surface area contributed by atoms with Crippen LogP contribution in [0.2, 0.25) is 0 Å². The van der Waals surface area contributed by atoms with Crippen molar-refractivity contribution < 1.29 is 0 Å². The van der Waals surface area contributed by atoms with E-state index in [0.717, 1.165) is 27.9 Å². The Balaban J connectivity index is 1.08. The van der Waals surface area contributed by atoms with Gasteiger partial charge < -0.3 is 0 Å². The molecule has 0 saturated carbocycles. The first kappa shape index (κ1) is 29.4. The van der Waals surface area contributed by atoms with Crippen molar-refractivity contribution >= 4 is 32.3 Å². The SMILES string of the molecule is CC1(C)c2ccccc2-c2ccc3ccc4ccc5cc(-c6ccc(-c7nc(-c8ccccc8)nc(-c8ccccc8)n7)cn6)ccc5c4c3c21. The lowest BCUT2D eigenvalue weighted by Crippen LogP contribution is -2.15. The normalized spacial score (nSPS) is 13.1. The number of aromatic nitrogens is 4. The smallest absolute Gasteiger partial charge is 0.165 e. The third kappa shape index (κ3) is 4.68. The fourth-order valence-corrected chi connectivity index (χ4v) is 8.04. The van der Waals surface area contributed by atoms with E-state index in [1.165, 1.54) is 54.6 Å². The second-order valence-electron chi connectivity index (χ2n) is 13.9. The van der Waals surface area contributed by atoms with Gasteiger partial charge in [-0.15, -0.1) is 0 Å². The molecule has 1 aliphatic rings. The third-order valence-electron chi connectivity index (χ3n) is 10.5. The Labute approximate surface area is 296 Å². The fraction of sp³-hybridized carbons (Fsp3) is 0.0638. The summed E-state index contributed by atoms with van der Waals surface area (Å²) >= 11 is 0. The van der Waals surface area contributed by atoms with Crippen LogP contribution in [0.25, 0.3) is 88.9 Å². The van der Waals surface area contributed by atoms with Crippen LogP contribution < -0.4 is 0 Å². The van der Waals surface area contributed by atoms with E-state index in [-0.39, 0.29) is 5.41 Å². The van der Waals surface area contributed by atoms with Gasteiger partial charge in [-0.25, -0.2) is 15.0 Å². The summed E-state index contributed by atoms with van der Waals surface area (Å²) in [4.78, 5) is 19.5. The van der Waals surface area contributed by atoms with Gasteiger partial charge in [-0.2, -0.15) is 0 Å². The molecule has 0 saturated heterocycles. The molecule has 4 nitrogen and oxygen atoms in total. The van der Waals surface area contributed by atoms with E-state index in [9.17, 15) is 0 Å². The zero-order chi connectivity index (χ0) is 34.1. The second kappa shape index (κ2) is 11.3. The Morgan fingerprint density at radius 1 is 0.431 bits per heavy atom. The quantitative estimate of drug-likeness (QED) is 0.178. The van der Waals surface area contributed by atoms with Crippen molar-refractivity contribution in [3.63, 3.8) is 0 Å². The van der Waals surface area contributed by atoms with Crippen LogP contribution in [0.4, 0.5) is 0 Å². The average molecular weight is 653 g/mol. The standard InChI is InChI=1S/C47H32N4/c1-47(2)39-16-10-9-15-37(39)38-25-21-30-18-17-29-19-20-33-27-34(22-24-36(33)41(29)42(30)43(38)47)40-26-23-35(28-48-40)46-50-44(31-11-5-3-6-12-31)49-45(51-46)32-13-7-4-8-14-32/h3-28H,1-2H3. The number of fused-ring (bicyclic) bond motifs is 9. The van der Waals surface area contributed by atoms with Crippen molar-refractivity contribution in [2.75, 3.05) is 0 Å². The van der Waals surface area contributed by atoms with Crippen LogP contribution >= 0.6 is 0 Å². The molecule has 9 aromatic rings. The summed E-state index contributed by atoms with van der Waals surface area (Å²) in [6, 6.07) is 53.5. The topological polar surface area (TPSA) is 51.6 Å². The second-order valence-corrected chi connectivity index (χ2v) is 13.9. The molecule has 0 aliphatic heterocycles. The van der Waals surface area contributed by atoms with E-state index in [0.29, 0.717) is 17.5 Å². The molecule has 2 aromatic heterocycles. The molecule has 0 radical (unpaired) electrons. The van der Waals surface area contributed by atoms with Crippen molar-refractivity contribution in [2.24, 2.45) is 0 Å². The summed E-state index contributed by atoms with van der Waals surface area (Å²) in [6.07, 6.45) is 1.87. The predicted octanol–water partition coefficient (Wildman–Crippen LogP) is 11.7. The highest BCUT2D eigenvalue weighted by Gasteiger charge is 2.37. The highest BCUT2D eigenvalue weighted by Crippen LogP contribution is 2.53. The highest BCUT2D eigenvalue weighted by molar-refractivity contribution is 6.23. The Morgan fingerprint density at radius 3 is 1.67 bits per heavy atom. The Kier molecular flexibility index (Phi) is 6.49. The van der Waals surface area contributed by atoms with Gasteiger partial charge in [0.25, 0.3) is 0 Å². The zero-order valence-electron chi connectivity index (χ0n) is 28.3. The van der Waals surface area contributed by atoms with E-state index in [2.05, 4.69) is 105 Å². The van der Waals surface area contributed by atoms with Crippen molar-refractivity contribution in [1.29, 1.82) is 0 Å². The minimum atomic E-state index is -0.101. The Bertz CT molecular complexity index is 2750. The largest absolute Gasteiger partial charge is 0.255 e. The average Bonchev–Trinajstić information content (AvgIpc) is 3.44. The lowest BCUT2D eigenvalue weighted by molar-refractivity contribution is 0.666. The molecule has 10 rings (SSSR count). The third-order valence-corrected chi connectivity index (χ3v) is 10.5. The minimum Gasteiger partial charge on any atom is -0.255 e.